The lowest BCUT2D eigenvalue weighted by atomic mass is 9.88. The van der Waals surface area contributed by atoms with Crippen LogP contribution in [0.15, 0.2) is 18.2 Å². The minimum absolute atomic E-state index is 0.0678. The number of hydrogen-bond acceptors (Lipinski definition) is 2. The average Bonchev–Trinajstić information content (AvgIpc) is 2.30. The van der Waals surface area contributed by atoms with Crippen LogP contribution in [0.25, 0.3) is 0 Å². The highest BCUT2D eigenvalue weighted by atomic mass is 19.1. The molecule has 1 aromatic carbocycles. The zero-order chi connectivity index (χ0) is 13.3. The lowest BCUT2D eigenvalue weighted by Crippen LogP contribution is -2.39. The first-order valence-corrected chi connectivity index (χ1v) is 6.12. The predicted molar refractivity (Wildman–Crippen MR) is 65.6 cm³/mol. The van der Waals surface area contributed by atoms with Gasteiger partial charge >= 0.3 is 0 Å². The maximum Gasteiger partial charge on any atom is 0.234 e. The number of piperidine rings is 1. The van der Waals surface area contributed by atoms with E-state index >= 15 is 0 Å². The summed E-state index contributed by atoms with van der Waals surface area (Å²) in [6, 6.07) is 4.76. The van der Waals surface area contributed by atoms with Crippen molar-refractivity contribution in [3.63, 3.8) is 0 Å². The van der Waals surface area contributed by atoms with Gasteiger partial charge in [-0.3, -0.25) is 14.9 Å². The number of amides is 2. The van der Waals surface area contributed by atoms with Gasteiger partial charge < -0.3 is 0 Å². The smallest absolute Gasteiger partial charge is 0.234 e. The monoisotopic (exact) mass is 249 g/mol. The molecular weight excluding hydrogens is 233 g/mol. The van der Waals surface area contributed by atoms with E-state index < -0.39 is 0 Å². The average molecular weight is 249 g/mol. The fourth-order valence-electron chi connectivity index (χ4n) is 2.23. The molecule has 1 unspecified atom stereocenters. The van der Waals surface area contributed by atoms with Gasteiger partial charge in [0.2, 0.25) is 11.8 Å². The Morgan fingerprint density at radius 1 is 1.33 bits per heavy atom. The molecule has 4 heteroatoms. The Labute approximate surface area is 105 Å². The molecule has 2 rings (SSSR count). The van der Waals surface area contributed by atoms with Crippen molar-refractivity contribution in [1.29, 1.82) is 0 Å². The highest BCUT2D eigenvalue weighted by Gasteiger charge is 2.28. The van der Waals surface area contributed by atoms with Gasteiger partial charge in [-0.05, 0) is 29.5 Å². The van der Waals surface area contributed by atoms with E-state index in [1.807, 2.05) is 13.8 Å². The predicted octanol–water partition coefficient (Wildman–Crippen LogP) is 2.47. The quantitative estimate of drug-likeness (QED) is 0.818. The summed E-state index contributed by atoms with van der Waals surface area (Å²) in [6.07, 6.45) is 0.832. The molecule has 0 radical (unpaired) electrons. The SMILES string of the molecule is CC(C)c1cc(C2CCC(=O)NC2=O)ccc1F. The molecule has 1 aromatic rings. The van der Waals surface area contributed by atoms with Crippen molar-refractivity contribution in [2.24, 2.45) is 0 Å². The maximum absolute atomic E-state index is 13.6. The molecule has 3 nitrogen and oxygen atoms in total. The molecule has 1 atom stereocenters. The van der Waals surface area contributed by atoms with Crippen LogP contribution in [-0.2, 0) is 9.59 Å². The van der Waals surface area contributed by atoms with Crippen LogP contribution in [0.3, 0.4) is 0 Å². The zero-order valence-electron chi connectivity index (χ0n) is 10.5. The van der Waals surface area contributed by atoms with Gasteiger partial charge in [-0.1, -0.05) is 26.0 Å². The first kappa shape index (κ1) is 12.7. The van der Waals surface area contributed by atoms with Gasteiger partial charge in [0.05, 0.1) is 5.92 Å². The van der Waals surface area contributed by atoms with Crippen LogP contribution in [0.5, 0.6) is 0 Å². The van der Waals surface area contributed by atoms with Gasteiger partial charge in [-0.2, -0.15) is 0 Å². The Bertz CT molecular complexity index is 497. The van der Waals surface area contributed by atoms with E-state index in [0.717, 1.165) is 5.56 Å². The van der Waals surface area contributed by atoms with Gasteiger partial charge in [0, 0.05) is 6.42 Å². The topological polar surface area (TPSA) is 46.2 Å². The fraction of sp³-hybridized carbons (Fsp3) is 0.429. The second-order valence-corrected chi connectivity index (χ2v) is 4.94. The molecule has 96 valence electrons. The first-order chi connectivity index (χ1) is 8.49. The highest BCUT2D eigenvalue weighted by molar-refractivity contribution is 6.00. The van der Waals surface area contributed by atoms with Crippen LogP contribution in [0.1, 0.15) is 49.7 Å². The molecule has 1 N–H and O–H groups in total. The Morgan fingerprint density at radius 2 is 2.06 bits per heavy atom. The van der Waals surface area contributed by atoms with E-state index in [2.05, 4.69) is 5.32 Å². The molecule has 1 aliphatic rings. The lowest BCUT2D eigenvalue weighted by molar-refractivity contribution is -0.134. The summed E-state index contributed by atoms with van der Waals surface area (Å²) < 4.78 is 13.6. The Balaban J connectivity index is 2.31. The van der Waals surface area contributed by atoms with Crippen molar-refractivity contribution in [3.05, 3.63) is 35.1 Å². The molecule has 2 amide bonds. The molecular formula is C14H16FNO2. The van der Waals surface area contributed by atoms with E-state index in [4.69, 9.17) is 0 Å². The van der Waals surface area contributed by atoms with Crippen molar-refractivity contribution < 1.29 is 14.0 Å². The van der Waals surface area contributed by atoms with E-state index in [0.29, 0.717) is 18.4 Å². The molecule has 1 saturated heterocycles. The molecule has 0 bridgehead atoms. The number of halogens is 1. The summed E-state index contributed by atoms with van der Waals surface area (Å²) >= 11 is 0. The number of hydrogen-bond donors (Lipinski definition) is 1. The number of nitrogens with one attached hydrogen (secondary N) is 1. The summed E-state index contributed by atoms with van der Waals surface area (Å²) in [5.74, 6) is -1.05. The fourth-order valence-corrected chi connectivity index (χ4v) is 2.23. The molecule has 1 fully saturated rings. The van der Waals surface area contributed by atoms with Crippen molar-refractivity contribution in [2.75, 3.05) is 0 Å². The highest BCUT2D eigenvalue weighted by Crippen LogP contribution is 2.28. The van der Waals surface area contributed by atoms with Gasteiger partial charge in [-0.15, -0.1) is 0 Å². The molecule has 1 heterocycles. The minimum Gasteiger partial charge on any atom is -0.296 e. The van der Waals surface area contributed by atoms with E-state index in [-0.39, 0.29) is 29.5 Å². The first-order valence-electron chi connectivity index (χ1n) is 6.12. The summed E-state index contributed by atoms with van der Waals surface area (Å²) in [7, 11) is 0. The summed E-state index contributed by atoms with van der Waals surface area (Å²) in [4.78, 5) is 22.8. The van der Waals surface area contributed by atoms with Crippen LogP contribution >= 0.6 is 0 Å². The minimum atomic E-state index is -0.346. The van der Waals surface area contributed by atoms with Gasteiger partial charge in [0.25, 0.3) is 0 Å². The second kappa shape index (κ2) is 4.88. The van der Waals surface area contributed by atoms with Crippen molar-refractivity contribution in [1.82, 2.24) is 5.32 Å². The zero-order valence-corrected chi connectivity index (χ0v) is 10.5. The number of rotatable bonds is 2. The van der Waals surface area contributed by atoms with E-state index in [9.17, 15) is 14.0 Å². The Hall–Kier alpha value is -1.71. The number of carbonyl (C=O) groups is 2. The molecule has 0 spiro atoms. The Kier molecular flexibility index (Phi) is 3.45. The largest absolute Gasteiger partial charge is 0.296 e. The number of carbonyl (C=O) groups excluding carboxylic acids is 2. The van der Waals surface area contributed by atoms with Crippen LogP contribution in [0.2, 0.25) is 0 Å². The Morgan fingerprint density at radius 3 is 2.67 bits per heavy atom. The van der Waals surface area contributed by atoms with Crippen molar-refractivity contribution in [2.45, 2.75) is 38.5 Å². The third-order valence-electron chi connectivity index (χ3n) is 3.28. The normalized spacial score (nSPS) is 20.1. The lowest BCUT2D eigenvalue weighted by Gasteiger charge is -2.22. The van der Waals surface area contributed by atoms with Crippen molar-refractivity contribution >= 4 is 11.8 Å². The number of imide groups is 1. The second-order valence-electron chi connectivity index (χ2n) is 4.94. The van der Waals surface area contributed by atoms with Gasteiger partial charge in [0.1, 0.15) is 5.82 Å². The van der Waals surface area contributed by atoms with Crippen LogP contribution in [0.4, 0.5) is 4.39 Å². The van der Waals surface area contributed by atoms with Gasteiger partial charge in [0.15, 0.2) is 0 Å². The van der Waals surface area contributed by atoms with Crippen LogP contribution in [0, 0.1) is 5.82 Å². The molecule has 1 aliphatic heterocycles. The molecule has 18 heavy (non-hydrogen) atoms. The van der Waals surface area contributed by atoms with E-state index in [1.54, 1.807) is 12.1 Å². The number of benzene rings is 1. The van der Waals surface area contributed by atoms with Crippen LogP contribution < -0.4 is 5.32 Å². The molecule has 0 aliphatic carbocycles. The van der Waals surface area contributed by atoms with Crippen molar-refractivity contribution in [3.8, 4) is 0 Å². The molecule has 0 aromatic heterocycles. The maximum atomic E-state index is 13.6. The van der Waals surface area contributed by atoms with E-state index in [1.165, 1.54) is 6.07 Å². The summed E-state index contributed by atoms with van der Waals surface area (Å²) in [6.45, 7) is 3.82. The third kappa shape index (κ3) is 2.42. The molecule has 0 saturated carbocycles. The van der Waals surface area contributed by atoms with Gasteiger partial charge in [-0.25, -0.2) is 4.39 Å². The summed E-state index contributed by atoms with van der Waals surface area (Å²) in [5.41, 5.74) is 1.39. The standard InChI is InChI=1S/C14H16FNO2/c1-8(2)11-7-9(3-5-12(11)15)10-4-6-13(17)16-14(10)18/h3,5,7-8,10H,4,6H2,1-2H3,(H,16,17,18). The third-order valence-corrected chi connectivity index (χ3v) is 3.28. The van der Waals surface area contributed by atoms with Crippen LogP contribution in [-0.4, -0.2) is 11.8 Å². The summed E-state index contributed by atoms with van der Waals surface area (Å²) in [5, 5.41) is 2.32.